The maximum absolute atomic E-state index is 13.9. The molecule has 3 rings (SSSR count). The molecule has 2 aromatic rings. The van der Waals surface area contributed by atoms with Crippen molar-refractivity contribution in [2.24, 2.45) is 0 Å². The van der Waals surface area contributed by atoms with E-state index in [0.717, 1.165) is 0 Å². The first-order valence-electron chi connectivity index (χ1n) is 6.02. The summed E-state index contributed by atoms with van der Waals surface area (Å²) in [5.74, 6) is 0.308. The Hall–Kier alpha value is -0.890. The molecule has 1 saturated heterocycles. The first-order chi connectivity index (χ1) is 9.60. The van der Waals surface area contributed by atoms with Gasteiger partial charge in [0.1, 0.15) is 10.0 Å². The van der Waals surface area contributed by atoms with E-state index in [0.29, 0.717) is 22.1 Å². The van der Waals surface area contributed by atoms with Gasteiger partial charge in [-0.1, -0.05) is 24.3 Å². The summed E-state index contributed by atoms with van der Waals surface area (Å²) in [4.78, 5) is 0. The van der Waals surface area contributed by atoms with Crippen LogP contribution in [-0.2, 0) is 10.0 Å². The molecule has 7 heteroatoms. The Bertz CT molecular complexity index is 700. The van der Waals surface area contributed by atoms with Crippen LogP contribution in [0.2, 0.25) is 0 Å². The molecule has 0 radical (unpaired) electrons. The standard InChI is InChI=1S/C13H12FNO2S3/c14-11-5-2-1-4-10(11)13-15(7-9-19-13)20(16,17)12-6-3-8-18-12/h1-6,8,13H,7,9H2. The molecule has 106 valence electrons. The molecule has 0 bridgehead atoms. The zero-order valence-corrected chi connectivity index (χ0v) is 12.8. The van der Waals surface area contributed by atoms with E-state index in [4.69, 9.17) is 0 Å². The Labute approximate surface area is 125 Å². The van der Waals surface area contributed by atoms with Gasteiger partial charge in [-0.05, 0) is 17.5 Å². The van der Waals surface area contributed by atoms with E-state index in [1.807, 2.05) is 0 Å². The van der Waals surface area contributed by atoms with Crippen molar-refractivity contribution in [2.75, 3.05) is 12.3 Å². The molecule has 0 N–H and O–H groups in total. The average Bonchev–Trinajstić information content (AvgIpc) is 3.11. The third kappa shape index (κ3) is 2.39. The Morgan fingerprint density at radius 1 is 1.20 bits per heavy atom. The van der Waals surface area contributed by atoms with Crippen molar-refractivity contribution in [1.29, 1.82) is 0 Å². The fourth-order valence-corrected chi connectivity index (χ4v) is 6.52. The van der Waals surface area contributed by atoms with Crippen LogP contribution in [0.1, 0.15) is 10.9 Å². The molecule has 20 heavy (non-hydrogen) atoms. The summed E-state index contributed by atoms with van der Waals surface area (Å²) < 4.78 is 40.8. The summed E-state index contributed by atoms with van der Waals surface area (Å²) in [6, 6.07) is 9.64. The van der Waals surface area contributed by atoms with Gasteiger partial charge in [0.05, 0.1) is 5.37 Å². The minimum atomic E-state index is -3.55. The molecule has 2 heterocycles. The second-order valence-electron chi connectivity index (χ2n) is 4.29. The number of rotatable bonds is 3. The molecule has 0 aliphatic carbocycles. The number of thiophene rings is 1. The zero-order chi connectivity index (χ0) is 14.2. The fourth-order valence-electron chi connectivity index (χ4n) is 2.15. The Balaban J connectivity index is 2.00. The summed E-state index contributed by atoms with van der Waals surface area (Å²) in [5.41, 5.74) is 0.426. The third-order valence-corrected chi connectivity index (χ3v) is 7.69. The second-order valence-corrected chi connectivity index (χ2v) is 8.55. The van der Waals surface area contributed by atoms with Crippen LogP contribution in [0.25, 0.3) is 0 Å². The molecule has 1 fully saturated rings. The highest BCUT2D eigenvalue weighted by molar-refractivity contribution is 8.01. The van der Waals surface area contributed by atoms with Crippen LogP contribution >= 0.6 is 23.1 Å². The first kappa shape index (κ1) is 14.1. The Kier molecular flexibility index (Phi) is 3.85. The summed E-state index contributed by atoms with van der Waals surface area (Å²) in [7, 11) is -3.55. The minimum Gasteiger partial charge on any atom is -0.207 e. The van der Waals surface area contributed by atoms with Crippen molar-refractivity contribution in [3.05, 3.63) is 53.2 Å². The molecule has 3 nitrogen and oxygen atoms in total. The molecule has 1 aliphatic heterocycles. The van der Waals surface area contributed by atoms with E-state index in [1.165, 1.54) is 33.5 Å². The Morgan fingerprint density at radius 3 is 2.70 bits per heavy atom. The molecule has 0 amide bonds. The number of thioether (sulfide) groups is 1. The van der Waals surface area contributed by atoms with Crippen molar-refractivity contribution in [2.45, 2.75) is 9.58 Å². The Morgan fingerprint density at radius 2 is 2.00 bits per heavy atom. The van der Waals surface area contributed by atoms with Crippen LogP contribution in [-0.4, -0.2) is 25.0 Å². The van der Waals surface area contributed by atoms with Crippen LogP contribution in [0.5, 0.6) is 0 Å². The van der Waals surface area contributed by atoms with E-state index >= 15 is 0 Å². The maximum atomic E-state index is 13.9. The average molecular weight is 329 g/mol. The monoisotopic (exact) mass is 329 g/mol. The van der Waals surface area contributed by atoms with E-state index in [-0.39, 0.29) is 5.82 Å². The summed E-state index contributed by atoms with van der Waals surface area (Å²) in [6.45, 7) is 0.407. The summed E-state index contributed by atoms with van der Waals surface area (Å²) in [6.07, 6.45) is 0. The van der Waals surface area contributed by atoms with E-state index in [2.05, 4.69) is 0 Å². The van der Waals surface area contributed by atoms with Crippen LogP contribution in [0.15, 0.2) is 46.0 Å². The lowest BCUT2D eigenvalue weighted by atomic mass is 10.2. The van der Waals surface area contributed by atoms with Crippen LogP contribution in [0.4, 0.5) is 4.39 Å². The largest absolute Gasteiger partial charge is 0.253 e. The van der Waals surface area contributed by atoms with Crippen molar-refractivity contribution in [1.82, 2.24) is 4.31 Å². The maximum Gasteiger partial charge on any atom is 0.253 e. The van der Waals surface area contributed by atoms with Gasteiger partial charge in [-0.15, -0.1) is 23.1 Å². The van der Waals surface area contributed by atoms with Gasteiger partial charge in [0, 0.05) is 17.9 Å². The highest BCUT2D eigenvalue weighted by Gasteiger charge is 2.38. The quantitative estimate of drug-likeness (QED) is 0.867. The number of halogens is 1. The van der Waals surface area contributed by atoms with E-state index < -0.39 is 15.4 Å². The molecule has 1 aliphatic rings. The van der Waals surface area contributed by atoms with Gasteiger partial charge in [0.15, 0.2) is 0 Å². The highest BCUT2D eigenvalue weighted by Crippen LogP contribution is 2.42. The second kappa shape index (κ2) is 5.48. The predicted molar refractivity (Wildman–Crippen MR) is 79.8 cm³/mol. The lowest BCUT2D eigenvalue weighted by Crippen LogP contribution is -2.30. The van der Waals surface area contributed by atoms with Gasteiger partial charge in [0.25, 0.3) is 10.0 Å². The third-order valence-electron chi connectivity index (χ3n) is 3.08. The number of hydrogen-bond donors (Lipinski definition) is 0. The molecule has 0 spiro atoms. The minimum absolute atomic E-state index is 0.307. The predicted octanol–water partition coefficient (Wildman–Crippen LogP) is 3.32. The van der Waals surface area contributed by atoms with Crippen LogP contribution < -0.4 is 0 Å². The van der Waals surface area contributed by atoms with Crippen LogP contribution in [0.3, 0.4) is 0 Å². The van der Waals surface area contributed by atoms with Gasteiger partial charge < -0.3 is 0 Å². The molecule has 0 saturated carbocycles. The van der Waals surface area contributed by atoms with Crippen molar-refractivity contribution in [3.8, 4) is 0 Å². The molecular weight excluding hydrogens is 317 g/mol. The summed E-state index contributed by atoms with van der Waals surface area (Å²) >= 11 is 2.64. The lowest BCUT2D eigenvalue weighted by molar-refractivity contribution is 0.427. The number of nitrogens with zero attached hydrogens (tertiary/aromatic N) is 1. The molecule has 1 unspecified atom stereocenters. The molecule has 1 atom stereocenters. The van der Waals surface area contributed by atoms with E-state index in [9.17, 15) is 12.8 Å². The van der Waals surface area contributed by atoms with Gasteiger partial charge in [-0.3, -0.25) is 0 Å². The lowest BCUT2D eigenvalue weighted by Gasteiger charge is -2.23. The molecule has 1 aromatic heterocycles. The van der Waals surface area contributed by atoms with Crippen LogP contribution in [0, 0.1) is 5.82 Å². The molecule has 1 aromatic carbocycles. The highest BCUT2D eigenvalue weighted by atomic mass is 32.2. The fraction of sp³-hybridized carbons (Fsp3) is 0.231. The van der Waals surface area contributed by atoms with Gasteiger partial charge in [-0.2, -0.15) is 4.31 Å². The van der Waals surface area contributed by atoms with Gasteiger partial charge in [0.2, 0.25) is 0 Å². The van der Waals surface area contributed by atoms with Crippen molar-refractivity contribution in [3.63, 3.8) is 0 Å². The van der Waals surface area contributed by atoms with Crippen molar-refractivity contribution < 1.29 is 12.8 Å². The number of benzene rings is 1. The first-order valence-corrected chi connectivity index (χ1v) is 9.39. The summed E-state index contributed by atoms with van der Waals surface area (Å²) in [5, 5.41) is 1.25. The zero-order valence-electron chi connectivity index (χ0n) is 10.4. The van der Waals surface area contributed by atoms with Gasteiger partial charge in [-0.25, -0.2) is 12.8 Å². The molecular formula is C13H12FNO2S3. The number of hydrogen-bond acceptors (Lipinski definition) is 4. The SMILES string of the molecule is O=S(=O)(c1cccs1)N1CCSC1c1ccccc1F. The van der Waals surface area contributed by atoms with Crippen molar-refractivity contribution >= 4 is 33.1 Å². The smallest absolute Gasteiger partial charge is 0.207 e. The normalized spacial score (nSPS) is 20.4. The topological polar surface area (TPSA) is 37.4 Å². The van der Waals surface area contributed by atoms with Gasteiger partial charge >= 0.3 is 0 Å². The van der Waals surface area contributed by atoms with E-state index in [1.54, 1.807) is 35.7 Å². The number of sulfonamides is 1.